The minimum absolute atomic E-state index is 0.0308. The lowest BCUT2D eigenvalue weighted by atomic mass is 10.1. The number of carbonyl (C=O) groups excluding carboxylic acids is 3. The van der Waals surface area contributed by atoms with E-state index in [1.165, 1.54) is 0 Å². The Morgan fingerprint density at radius 3 is 2.38 bits per heavy atom. The molecule has 2 heterocycles. The molecule has 1 aromatic carbocycles. The lowest BCUT2D eigenvalue weighted by molar-refractivity contribution is -0.132. The molecule has 2 N–H and O–H groups in total. The van der Waals surface area contributed by atoms with Crippen molar-refractivity contribution in [2.24, 2.45) is 0 Å². The highest BCUT2D eigenvalue weighted by Gasteiger charge is 2.32. The first kappa shape index (κ1) is 21.0. The van der Waals surface area contributed by atoms with Gasteiger partial charge >= 0.3 is 6.03 Å². The number of carbonyl (C=O) groups is 3. The molecule has 0 radical (unpaired) electrons. The van der Waals surface area contributed by atoms with E-state index in [1.54, 1.807) is 19.1 Å². The highest BCUT2D eigenvalue weighted by Crippen LogP contribution is 2.39. The lowest BCUT2D eigenvalue weighted by Gasteiger charge is -2.41. The van der Waals surface area contributed by atoms with Crippen LogP contribution in [-0.2, 0) is 9.59 Å². The van der Waals surface area contributed by atoms with Gasteiger partial charge in [0.05, 0.1) is 14.2 Å². The quantitative estimate of drug-likeness (QED) is 0.669. The van der Waals surface area contributed by atoms with Gasteiger partial charge in [-0.1, -0.05) is 11.6 Å². The van der Waals surface area contributed by atoms with Crippen molar-refractivity contribution in [2.75, 3.05) is 38.8 Å². The minimum atomic E-state index is -0.640. The van der Waals surface area contributed by atoms with Gasteiger partial charge in [0.15, 0.2) is 0 Å². The van der Waals surface area contributed by atoms with Gasteiger partial charge in [-0.2, -0.15) is 0 Å². The molecule has 2 saturated heterocycles. The summed E-state index contributed by atoms with van der Waals surface area (Å²) in [5.41, 5.74) is 0.910. The molecule has 2 fully saturated rings. The predicted molar refractivity (Wildman–Crippen MR) is 108 cm³/mol. The van der Waals surface area contributed by atoms with E-state index >= 15 is 0 Å². The Morgan fingerprint density at radius 2 is 1.86 bits per heavy atom. The van der Waals surface area contributed by atoms with Crippen LogP contribution in [0.4, 0.5) is 10.5 Å². The number of urea groups is 1. The molecule has 0 unspecified atom stereocenters. The van der Waals surface area contributed by atoms with Crippen molar-refractivity contribution >= 4 is 35.1 Å². The average Bonchev–Trinajstić information content (AvgIpc) is 3.03. The SMILES string of the molecule is COc1cc(N2CCN(C(=O)CC[C@H]3NC(=O)NC3=O)C[C@@H]2C)cc(OC)c1Cl. The van der Waals surface area contributed by atoms with E-state index in [0.29, 0.717) is 36.2 Å². The van der Waals surface area contributed by atoms with Gasteiger partial charge in [0, 0.05) is 49.9 Å². The molecule has 0 aliphatic carbocycles. The molecule has 158 valence electrons. The summed E-state index contributed by atoms with van der Waals surface area (Å²) in [5, 5.41) is 5.11. The largest absolute Gasteiger partial charge is 0.495 e. The second-order valence-corrected chi connectivity index (χ2v) is 7.48. The van der Waals surface area contributed by atoms with E-state index in [9.17, 15) is 14.4 Å². The maximum Gasteiger partial charge on any atom is 0.322 e. The standard InChI is InChI=1S/C19H25ClN4O5/c1-11-10-23(16(25)5-4-13-18(26)22-19(27)21-13)6-7-24(11)12-8-14(28-2)17(20)15(9-12)29-3/h8-9,11,13H,4-7,10H2,1-3H3,(H2,21,22,26,27)/t11-,13+/m0/s1. The molecule has 3 rings (SSSR count). The first-order valence-electron chi connectivity index (χ1n) is 9.41. The van der Waals surface area contributed by atoms with Crippen molar-refractivity contribution in [3.05, 3.63) is 17.2 Å². The van der Waals surface area contributed by atoms with Crippen LogP contribution >= 0.6 is 11.6 Å². The second-order valence-electron chi connectivity index (χ2n) is 7.10. The third-order valence-corrected chi connectivity index (χ3v) is 5.62. The number of hydrogen-bond acceptors (Lipinski definition) is 6. The number of anilines is 1. The van der Waals surface area contributed by atoms with E-state index in [4.69, 9.17) is 21.1 Å². The molecular formula is C19H25ClN4O5. The van der Waals surface area contributed by atoms with Gasteiger partial charge < -0.3 is 24.6 Å². The normalized spacial score (nSPS) is 21.7. The summed E-state index contributed by atoms with van der Waals surface area (Å²) in [6.45, 7) is 3.79. The Bertz CT molecular complexity index is 793. The maximum atomic E-state index is 12.6. The van der Waals surface area contributed by atoms with Crippen molar-refractivity contribution in [3.8, 4) is 11.5 Å². The Hall–Kier alpha value is -2.68. The summed E-state index contributed by atoms with van der Waals surface area (Å²) in [7, 11) is 3.11. The number of benzene rings is 1. The van der Waals surface area contributed by atoms with Gasteiger partial charge in [0.2, 0.25) is 5.91 Å². The molecule has 9 nitrogen and oxygen atoms in total. The number of imide groups is 1. The summed E-state index contributed by atoms with van der Waals surface area (Å²) < 4.78 is 10.7. The van der Waals surface area contributed by atoms with Crippen molar-refractivity contribution in [1.82, 2.24) is 15.5 Å². The van der Waals surface area contributed by atoms with Crippen LogP contribution in [0.1, 0.15) is 19.8 Å². The summed E-state index contributed by atoms with van der Waals surface area (Å²) in [6.07, 6.45) is 0.490. The van der Waals surface area contributed by atoms with Crippen molar-refractivity contribution in [2.45, 2.75) is 31.8 Å². The molecule has 0 aromatic heterocycles. The third kappa shape index (κ3) is 4.50. The van der Waals surface area contributed by atoms with Crippen LogP contribution in [0.15, 0.2) is 12.1 Å². The zero-order chi connectivity index (χ0) is 21.1. The summed E-state index contributed by atoms with van der Waals surface area (Å²) in [4.78, 5) is 39.3. The summed E-state index contributed by atoms with van der Waals surface area (Å²) in [6, 6.07) is 2.64. The Labute approximate surface area is 174 Å². The number of nitrogens with one attached hydrogen (secondary N) is 2. The van der Waals surface area contributed by atoms with Crippen molar-refractivity contribution in [3.63, 3.8) is 0 Å². The Morgan fingerprint density at radius 1 is 1.21 bits per heavy atom. The van der Waals surface area contributed by atoms with Gasteiger partial charge in [-0.25, -0.2) is 4.79 Å². The first-order chi connectivity index (χ1) is 13.8. The Kier molecular flexibility index (Phi) is 6.36. The van der Waals surface area contributed by atoms with E-state index in [1.807, 2.05) is 19.1 Å². The van der Waals surface area contributed by atoms with Crippen LogP contribution in [-0.4, -0.2) is 68.7 Å². The predicted octanol–water partition coefficient (Wildman–Crippen LogP) is 1.38. The molecule has 2 atom stereocenters. The number of piperazine rings is 1. The van der Waals surface area contributed by atoms with Gasteiger partial charge in [0.1, 0.15) is 22.6 Å². The molecule has 29 heavy (non-hydrogen) atoms. The number of rotatable bonds is 6. The van der Waals surface area contributed by atoms with Crippen molar-refractivity contribution in [1.29, 1.82) is 0 Å². The van der Waals surface area contributed by atoms with E-state index in [2.05, 4.69) is 15.5 Å². The number of hydrogen-bond donors (Lipinski definition) is 2. The summed E-state index contributed by atoms with van der Waals surface area (Å²) in [5.74, 6) is 0.649. The molecule has 0 bridgehead atoms. The van der Waals surface area contributed by atoms with Crippen LogP contribution in [0.3, 0.4) is 0 Å². The van der Waals surface area contributed by atoms with Gasteiger partial charge in [-0.15, -0.1) is 0 Å². The smallest absolute Gasteiger partial charge is 0.322 e. The fraction of sp³-hybridized carbons (Fsp3) is 0.526. The monoisotopic (exact) mass is 424 g/mol. The van der Waals surface area contributed by atoms with Gasteiger partial charge in [-0.05, 0) is 13.3 Å². The number of halogens is 1. The van der Waals surface area contributed by atoms with Gasteiger partial charge in [-0.3, -0.25) is 14.9 Å². The zero-order valence-electron chi connectivity index (χ0n) is 16.7. The van der Waals surface area contributed by atoms with Gasteiger partial charge in [0.25, 0.3) is 5.91 Å². The molecule has 10 heteroatoms. The second kappa shape index (κ2) is 8.77. The van der Waals surface area contributed by atoms with Crippen molar-refractivity contribution < 1.29 is 23.9 Å². The number of amides is 4. The Balaban J connectivity index is 1.61. The number of nitrogens with zero attached hydrogens (tertiary/aromatic N) is 2. The summed E-state index contributed by atoms with van der Waals surface area (Å²) >= 11 is 6.25. The highest BCUT2D eigenvalue weighted by atomic mass is 35.5. The van der Waals surface area contributed by atoms with Crippen LogP contribution in [0, 0.1) is 0 Å². The number of methoxy groups -OCH3 is 2. The van der Waals surface area contributed by atoms with Crippen LogP contribution in [0.5, 0.6) is 11.5 Å². The molecule has 4 amide bonds. The first-order valence-corrected chi connectivity index (χ1v) is 9.79. The van der Waals surface area contributed by atoms with Crippen LogP contribution in [0.2, 0.25) is 5.02 Å². The number of ether oxygens (including phenoxy) is 2. The average molecular weight is 425 g/mol. The molecule has 2 aliphatic heterocycles. The van der Waals surface area contributed by atoms with E-state index < -0.39 is 12.1 Å². The van der Waals surface area contributed by atoms with Crippen LogP contribution in [0.25, 0.3) is 0 Å². The molecule has 0 spiro atoms. The molecular weight excluding hydrogens is 400 g/mol. The molecule has 1 aromatic rings. The highest BCUT2D eigenvalue weighted by molar-refractivity contribution is 6.33. The fourth-order valence-electron chi connectivity index (χ4n) is 3.68. The zero-order valence-corrected chi connectivity index (χ0v) is 17.4. The fourth-order valence-corrected chi connectivity index (χ4v) is 3.94. The third-order valence-electron chi connectivity index (χ3n) is 5.25. The lowest BCUT2D eigenvalue weighted by Crippen LogP contribution is -2.54. The topological polar surface area (TPSA) is 100 Å². The van der Waals surface area contributed by atoms with Crippen LogP contribution < -0.4 is 25.0 Å². The van der Waals surface area contributed by atoms with E-state index in [0.717, 1.165) is 5.69 Å². The molecule has 2 aliphatic rings. The maximum absolute atomic E-state index is 12.6. The van der Waals surface area contributed by atoms with E-state index in [-0.39, 0.29) is 30.7 Å². The molecule has 0 saturated carbocycles. The minimum Gasteiger partial charge on any atom is -0.495 e.